The molecule has 3 N–H and O–H groups in total. The topological polar surface area (TPSA) is 85.8 Å². The van der Waals surface area contributed by atoms with Gasteiger partial charge >= 0.3 is 0 Å². The standard InChI is InChI=1S/C19H28FN5O/c1-12(2)10-19(5,11-21)23-18(26)16-22-17(13(3)4)25(24-16)15-8-6-7-14(20)9-15/h6-9,12-13H,10-11,21H2,1-5H3,(H,23,26). The van der Waals surface area contributed by atoms with E-state index in [1.165, 1.54) is 16.8 Å². The zero-order valence-electron chi connectivity index (χ0n) is 16.1. The van der Waals surface area contributed by atoms with Crippen molar-refractivity contribution in [3.63, 3.8) is 0 Å². The van der Waals surface area contributed by atoms with E-state index in [0.29, 0.717) is 24.0 Å². The molecule has 1 amide bonds. The third kappa shape index (κ3) is 4.66. The molecule has 1 unspecified atom stereocenters. The predicted molar refractivity (Wildman–Crippen MR) is 99.8 cm³/mol. The Labute approximate surface area is 154 Å². The van der Waals surface area contributed by atoms with E-state index in [-0.39, 0.29) is 23.5 Å². The van der Waals surface area contributed by atoms with Gasteiger partial charge in [0.25, 0.3) is 5.91 Å². The number of carbonyl (C=O) groups excluding carboxylic acids is 1. The van der Waals surface area contributed by atoms with Crippen LogP contribution in [0.1, 0.15) is 63.4 Å². The van der Waals surface area contributed by atoms with Crippen molar-refractivity contribution in [2.45, 2.75) is 52.5 Å². The van der Waals surface area contributed by atoms with Gasteiger partial charge in [0.05, 0.1) is 11.2 Å². The van der Waals surface area contributed by atoms with Gasteiger partial charge in [-0.1, -0.05) is 33.8 Å². The number of halogens is 1. The molecule has 0 aliphatic heterocycles. The molecule has 1 heterocycles. The Kier molecular flexibility index (Phi) is 6.13. The van der Waals surface area contributed by atoms with Crippen LogP contribution in [0.4, 0.5) is 4.39 Å². The third-order valence-corrected chi connectivity index (χ3v) is 4.13. The molecule has 0 radical (unpaired) electrons. The van der Waals surface area contributed by atoms with Crippen molar-refractivity contribution < 1.29 is 9.18 Å². The van der Waals surface area contributed by atoms with E-state index in [0.717, 1.165) is 6.42 Å². The first kappa shape index (κ1) is 20.0. The summed E-state index contributed by atoms with van der Waals surface area (Å²) in [5.41, 5.74) is 5.87. The van der Waals surface area contributed by atoms with Crippen LogP contribution in [0.25, 0.3) is 5.69 Å². The minimum atomic E-state index is -0.534. The molecule has 7 heteroatoms. The first-order valence-electron chi connectivity index (χ1n) is 8.90. The number of hydrogen-bond donors (Lipinski definition) is 2. The fraction of sp³-hybridized carbons (Fsp3) is 0.526. The highest BCUT2D eigenvalue weighted by Gasteiger charge is 2.29. The summed E-state index contributed by atoms with van der Waals surface area (Å²) < 4.78 is 15.1. The second-order valence-corrected chi connectivity index (χ2v) is 7.66. The molecule has 1 aromatic carbocycles. The van der Waals surface area contributed by atoms with Crippen molar-refractivity contribution in [2.75, 3.05) is 6.54 Å². The fourth-order valence-electron chi connectivity index (χ4n) is 3.01. The van der Waals surface area contributed by atoms with Crippen LogP contribution in [0.5, 0.6) is 0 Å². The number of rotatable bonds is 7. The van der Waals surface area contributed by atoms with Crippen molar-refractivity contribution in [1.29, 1.82) is 0 Å². The maximum Gasteiger partial charge on any atom is 0.291 e. The summed E-state index contributed by atoms with van der Waals surface area (Å²) in [7, 11) is 0. The number of hydrogen-bond acceptors (Lipinski definition) is 4. The van der Waals surface area contributed by atoms with Gasteiger partial charge in [0, 0.05) is 12.5 Å². The van der Waals surface area contributed by atoms with Crippen molar-refractivity contribution in [3.05, 3.63) is 41.7 Å². The molecule has 0 bridgehead atoms. The quantitative estimate of drug-likeness (QED) is 0.794. The number of aromatic nitrogens is 3. The minimum absolute atomic E-state index is 0.0175. The lowest BCUT2D eigenvalue weighted by molar-refractivity contribution is 0.0887. The van der Waals surface area contributed by atoms with Gasteiger partial charge in [-0.25, -0.2) is 14.1 Å². The Bertz CT molecular complexity index is 771. The van der Waals surface area contributed by atoms with E-state index in [4.69, 9.17) is 5.73 Å². The molecule has 142 valence electrons. The van der Waals surface area contributed by atoms with Gasteiger partial charge in [-0.2, -0.15) is 0 Å². The van der Waals surface area contributed by atoms with Crippen LogP contribution >= 0.6 is 0 Å². The smallest absolute Gasteiger partial charge is 0.291 e. The Morgan fingerprint density at radius 1 is 1.35 bits per heavy atom. The average molecular weight is 361 g/mol. The monoisotopic (exact) mass is 361 g/mol. The van der Waals surface area contributed by atoms with Crippen molar-refractivity contribution in [3.8, 4) is 5.69 Å². The van der Waals surface area contributed by atoms with E-state index >= 15 is 0 Å². The maximum absolute atomic E-state index is 13.6. The van der Waals surface area contributed by atoms with Gasteiger partial charge in [0.1, 0.15) is 11.6 Å². The molecule has 0 aliphatic rings. The Morgan fingerprint density at radius 3 is 2.58 bits per heavy atom. The lowest BCUT2D eigenvalue weighted by Crippen LogP contribution is -2.52. The normalized spacial score (nSPS) is 13.9. The van der Waals surface area contributed by atoms with Gasteiger partial charge in [0.2, 0.25) is 5.82 Å². The van der Waals surface area contributed by atoms with Gasteiger partial charge in [-0.3, -0.25) is 4.79 Å². The van der Waals surface area contributed by atoms with Crippen molar-refractivity contribution in [1.82, 2.24) is 20.1 Å². The molecule has 6 nitrogen and oxygen atoms in total. The molecule has 0 spiro atoms. The number of nitrogens with one attached hydrogen (secondary N) is 1. The molecular weight excluding hydrogens is 333 g/mol. The molecule has 0 saturated heterocycles. The van der Waals surface area contributed by atoms with Crippen LogP contribution in [0.15, 0.2) is 24.3 Å². The van der Waals surface area contributed by atoms with Gasteiger partial charge in [0.15, 0.2) is 0 Å². The number of benzene rings is 1. The van der Waals surface area contributed by atoms with Gasteiger partial charge in [-0.15, -0.1) is 5.10 Å². The summed E-state index contributed by atoms with van der Waals surface area (Å²) >= 11 is 0. The average Bonchev–Trinajstić information content (AvgIpc) is 2.99. The third-order valence-electron chi connectivity index (χ3n) is 4.13. The summed E-state index contributed by atoms with van der Waals surface area (Å²) in [6.07, 6.45) is 0.747. The minimum Gasteiger partial charge on any atom is -0.343 e. The molecular formula is C19H28FN5O. The van der Waals surface area contributed by atoms with Crippen molar-refractivity contribution >= 4 is 5.91 Å². The Balaban J connectivity index is 2.36. The molecule has 26 heavy (non-hydrogen) atoms. The molecule has 2 aromatic rings. The Hall–Kier alpha value is -2.28. The lowest BCUT2D eigenvalue weighted by Gasteiger charge is -2.30. The predicted octanol–water partition coefficient (Wildman–Crippen LogP) is 3.02. The van der Waals surface area contributed by atoms with Crippen LogP contribution in [-0.4, -0.2) is 32.8 Å². The molecule has 0 aliphatic carbocycles. The van der Waals surface area contributed by atoms with Crippen LogP contribution in [0.3, 0.4) is 0 Å². The van der Waals surface area contributed by atoms with E-state index in [1.807, 2.05) is 20.8 Å². The van der Waals surface area contributed by atoms with Crippen LogP contribution < -0.4 is 11.1 Å². The number of nitrogens with zero attached hydrogens (tertiary/aromatic N) is 3. The summed E-state index contributed by atoms with van der Waals surface area (Å²) in [6.45, 7) is 10.3. The van der Waals surface area contributed by atoms with Crippen LogP contribution in [0, 0.1) is 11.7 Å². The highest BCUT2D eigenvalue weighted by atomic mass is 19.1. The first-order chi connectivity index (χ1) is 12.1. The zero-order chi connectivity index (χ0) is 19.5. The molecule has 0 saturated carbocycles. The van der Waals surface area contributed by atoms with E-state index in [1.54, 1.807) is 12.1 Å². The van der Waals surface area contributed by atoms with E-state index < -0.39 is 5.54 Å². The number of nitrogens with two attached hydrogens (primary N) is 1. The zero-order valence-corrected chi connectivity index (χ0v) is 16.1. The number of carbonyl (C=O) groups is 1. The summed E-state index contributed by atoms with van der Waals surface area (Å²) in [5, 5.41) is 7.28. The first-order valence-corrected chi connectivity index (χ1v) is 8.90. The largest absolute Gasteiger partial charge is 0.343 e. The van der Waals surface area contributed by atoms with Gasteiger partial charge < -0.3 is 11.1 Å². The van der Waals surface area contributed by atoms with E-state index in [2.05, 4.69) is 29.2 Å². The Morgan fingerprint density at radius 2 is 2.04 bits per heavy atom. The summed E-state index contributed by atoms with van der Waals surface area (Å²) in [4.78, 5) is 17.1. The second kappa shape index (κ2) is 7.95. The lowest BCUT2D eigenvalue weighted by atomic mass is 9.90. The molecule has 1 aromatic heterocycles. The molecule has 2 rings (SSSR count). The number of amides is 1. The molecule has 0 fully saturated rings. The second-order valence-electron chi connectivity index (χ2n) is 7.66. The maximum atomic E-state index is 13.6. The van der Waals surface area contributed by atoms with Crippen molar-refractivity contribution in [2.24, 2.45) is 11.7 Å². The fourth-order valence-corrected chi connectivity index (χ4v) is 3.01. The van der Waals surface area contributed by atoms with Crippen LogP contribution in [-0.2, 0) is 0 Å². The molecule has 1 atom stereocenters. The summed E-state index contributed by atoms with van der Waals surface area (Å²) in [5.74, 6) is 0.305. The highest BCUT2D eigenvalue weighted by molar-refractivity contribution is 5.91. The highest BCUT2D eigenvalue weighted by Crippen LogP contribution is 2.19. The van der Waals surface area contributed by atoms with Crippen LogP contribution in [0.2, 0.25) is 0 Å². The van der Waals surface area contributed by atoms with Gasteiger partial charge in [-0.05, 0) is 37.5 Å². The van der Waals surface area contributed by atoms with E-state index in [9.17, 15) is 9.18 Å². The summed E-state index contributed by atoms with van der Waals surface area (Å²) in [6, 6.07) is 6.06. The SMILES string of the molecule is CC(C)CC(C)(CN)NC(=O)c1nc(C(C)C)n(-c2cccc(F)c2)n1.